The van der Waals surface area contributed by atoms with Crippen molar-refractivity contribution >= 4 is 11.6 Å². The number of hydrogen-bond acceptors (Lipinski definition) is 1. The van der Waals surface area contributed by atoms with Crippen molar-refractivity contribution in [2.45, 2.75) is 37.1 Å². The van der Waals surface area contributed by atoms with Gasteiger partial charge in [0.1, 0.15) is 5.82 Å². The molecular weight excluding hydrogens is 285 g/mol. The van der Waals surface area contributed by atoms with Gasteiger partial charge in [0.25, 0.3) is 0 Å². The van der Waals surface area contributed by atoms with Crippen LogP contribution in [0.4, 0.5) is 4.39 Å². The number of nitrogens with two attached hydrogens (primary N) is 1. The fourth-order valence-electron chi connectivity index (χ4n) is 3.32. The van der Waals surface area contributed by atoms with Gasteiger partial charge in [-0.2, -0.15) is 0 Å². The van der Waals surface area contributed by atoms with Crippen LogP contribution < -0.4 is 5.73 Å². The summed E-state index contributed by atoms with van der Waals surface area (Å²) in [6.45, 7) is 0. The summed E-state index contributed by atoms with van der Waals surface area (Å²) < 4.78 is 13.6. The molecule has 0 radical (unpaired) electrons. The predicted molar refractivity (Wildman–Crippen MR) is 85.1 cm³/mol. The molecule has 0 spiro atoms. The summed E-state index contributed by atoms with van der Waals surface area (Å²) in [5.74, 6) is -0.372. The van der Waals surface area contributed by atoms with Crippen LogP contribution in [0, 0.1) is 5.82 Å². The first-order valence-corrected chi connectivity index (χ1v) is 7.75. The van der Waals surface area contributed by atoms with Gasteiger partial charge in [-0.15, -0.1) is 0 Å². The molecule has 1 nitrogen and oxygen atoms in total. The lowest BCUT2D eigenvalue weighted by Crippen LogP contribution is -2.51. The smallest absolute Gasteiger partial charge is 0.142 e. The van der Waals surface area contributed by atoms with Gasteiger partial charge in [-0.25, -0.2) is 4.39 Å². The van der Waals surface area contributed by atoms with Gasteiger partial charge in [0.05, 0.1) is 5.02 Å². The average Bonchev–Trinajstić information content (AvgIpc) is 2.43. The summed E-state index contributed by atoms with van der Waals surface area (Å²) in [5, 5.41) is 0.161. The molecule has 1 saturated carbocycles. The molecule has 1 aliphatic carbocycles. The van der Waals surface area contributed by atoms with Crippen molar-refractivity contribution in [3.8, 4) is 0 Å². The van der Waals surface area contributed by atoms with E-state index in [1.807, 2.05) is 12.1 Å². The van der Waals surface area contributed by atoms with Crippen molar-refractivity contribution in [2.75, 3.05) is 0 Å². The standard InChI is InChI=1S/C18H19ClFN/c19-15-8-7-13(11-16(15)20)12-17(21)18(9-4-10-18)14-5-2-1-3-6-14/h1-3,5-8,11,17H,4,9-10,12,21H2. The van der Waals surface area contributed by atoms with Gasteiger partial charge in [-0.1, -0.05) is 54.4 Å². The summed E-state index contributed by atoms with van der Waals surface area (Å²) in [6.07, 6.45) is 4.09. The molecule has 0 saturated heterocycles. The zero-order chi connectivity index (χ0) is 14.9. The number of benzene rings is 2. The van der Waals surface area contributed by atoms with E-state index in [9.17, 15) is 4.39 Å². The number of halogens is 2. The first-order valence-electron chi connectivity index (χ1n) is 7.37. The zero-order valence-corrected chi connectivity index (χ0v) is 12.6. The molecular formula is C18H19ClFN. The third-order valence-corrected chi connectivity index (χ3v) is 5.05. The Balaban J connectivity index is 1.83. The molecule has 2 N–H and O–H groups in total. The van der Waals surface area contributed by atoms with Crippen LogP contribution in [0.1, 0.15) is 30.4 Å². The first kappa shape index (κ1) is 14.6. The van der Waals surface area contributed by atoms with Crippen LogP contribution in [0.25, 0.3) is 0 Å². The molecule has 1 aliphatic rings. The lowest BCUT2D eigenvalue weighted by molar-refractivity contribution is 0.194. The number of hydrogen-bond donors (Lipinski definition) is 1. The highest BCUT2D eigenvalue weighted by molar-refractivity contribution is 6.30. The van der Waals surface area contributed by atoms with Gasteiger partial charge >= 0.3 is 0 Å². The van der Waals surface area contributed by atoms with E-state index in [1.165, 1.54) is 18.1 Å². The molecule has 110 valence electrons. The molecule has 0 amide bonds. The highest BCUT2D eigenvalue weighted by Crippen LogP contribution is 2.46. The van der Waals surface area contributed by atoms with Gasteiger partial charge in [0.15, 0.2) is 0 Å². The minimum absolute atomic E-state index is 0.00535. The van der Waals surface area contributed by atoms with Crippen LogP contribution in [0.5, 0.6) is 0 Å². The van der Waals surface area contributed by atoms with Crippen molar-refractivity contribution in [3.05, 3.63) is 70.5 Å². The molecule has 2 aromatic rings. The molecule has 21 heavy (non-hydrogen) atoms. The van der Waals surface area contributed by atoms with Gasteiger partial charge in [-0.05, 0) is 42.5 Å². The van der Waals surface area contributed by atoms with Crippen LogP contribution in [-0.4, -0.2) is 6.04 Å². The van der Waals surface area contributed by atoms with Crippen LogP contribution in [0.3, 0.4) is 0 Å². The van der Waals surface area contributed by atoms with Crippen LogP contribution in [-0.2, 0) is 11.8 Å². The lowest BCUT2D eigenvalue weighted by Gasteiger charge is -2.47. The number of rotatable bonds is 4. The predicted octanol–water partition coefficient (Wildman–Crippen LogP) is 4.47. The second-order valence-electron chi connectivity index (χ2n) is 5.93. The third kappa shape index (κ3) is 2.70. The van der Waals surface area contributed by atoms with Gasteiger partial charge in [-0.3, -0.25) is 0 Å². The minimum atomic E-state index is -0.372. The lowest BCUT2D eigenvalue weighted by atomic mass is 9.59. The van der Waals surface area contributed by atoms with E-state index in [0.717, 1.165) is 18.4 Å². The van der Waals surface area contributed by atoms with Crippen molar-refractivity contribution in [1.29, 1.82) is 0 Å². The molecule has 2 aromatic carbocycles. The van der Waals surface area contributed by atoms with E-state index >= 15 is 0 Å². The summed E-state index contributed by atoms with van der Waals surface area (Å²) in [4.78, 5) is 0. The minimum Gasteiger partial charge on any atom is -0.327 e. The third-order valence-electron chi connectivity index (χ3n) is 4.74. The quantitative estimate of drug-likeness (QED) is 0.886. The Morgan fingerprint density at radius 3 is 2.43 bits per heavy atom. The van der Waals surface area contributed by atoms with Crippen molar-refractivity contribution in [3.63, 3.8) is 0 Å². The molecule has 3 heteroatoms. The maximum atomic E-state index is 13.6. The highest BCUT2D eigenvalue weighted by Gasteiger charge is 2.43. The molecule has 0 aromatic heterocycles. The Morgan fingerprint density at radius 1 is 1.14 bits per heavy atom. The molecule has 0 heterocycles. The van der Waals surface area contributed by atoms with Crippen LogP contribution in [0.15, 0.2) is 48.5 Å². The maximum Gasteiger partial charge on any atom is 0.142 e. The van der Waals surface area contributed by atoms with E-state index in [-0.39, 0.29) is 22.3 Å². The summed E-state index contributed by atoms with van der Waals surface area (Å²) in [5.41, 5.74) is 8.76. The molecule has 1 atom stereocenters. The van der Waals surface area contributed by atoms with E-state index < -0.39 is 0 Å². The van der Waals surface area contributed by atoms with Crippen molar-refractivity contribution in [2.24, 2.45) is 5.73 Å². The Hall–Kier alpha value is -1.38. The fraction of sp³-hybridized carbons (Fsp3) is 0.333. The second kappa shape index (κ2) is 5.78. The van der Waals surface area contributed by atoms with Crippen molar-refractivity contribution in [1.82, 2.24) is 0 Å². The topological polar surface area (TPSA) is 26.0 Å². The average molecular weight is 304 g/mol. The zero-order valence-electron chi connectivity index (χ0n) is 11.9. The SMILES string of the molecule is NC(Cc1ccc(Cl)c(F)c1)C1(c2ccccc2)CCC1. The van der Waals surface area contributed by atoms with Crippen LogP contribution in [0.2, 0.25) is 5.02 Å². The summed E-state index contributed by atoms with van der Waals surface area (Å²) in [6, 6.07) is 15.4. The molecule has 1 unspecified atom stereocenters. The highest BCUT2D eigenvalue weighted by atomic mass is 35.5. The Kier molecular flexibility index (Phi) is 4.01. The normalized spacial score (nSPS) is 18.0. The fourth-order valence-corrected chi connectivity index (χ4v) is 3.43. The molecule has 0 bridgehead atoms. The largest absolute Gasteiger partial charge is 0.327 e. The van der Waals surface area contributed by atoms with E-state index in [1.54, 1.807) is 6.07 Å². The maximum absolute atomic E-state index is 13.6. The molecule has 0 aliphatic heterocycles. The van der Waals surface area contributed by atoms with Crippen molar-refractivity contribution < 1.29 is 4.39 Å². The monoisotopic (exact) mass is 303 g/mol. The Bertz CT molecular complexity index is 622. The van der Waals surface area contributed by atoms with E-state index in [2.05, 4.69) is 24.3 Å². The summed E-state index contributed by atoms with van der Waals surface area (Å²) in [7, 11) is 0. The van der Waals surface area contributed by atoms with Gasteiger partial charge in [0, 0.05) is 11.5 Å². The second-order valence-corrected chi connectivity index (χ2v) is 6.34. The van der Waals surface area contributed by atoms with Gasteiger partial charge < -0.3 is 5.73 Å². The van der Waals surface area contributed by atoms with Crippen LogP contribution >= 0.6 is 11.6 Å². The summed E-state index contributed by atoms with van der Waals surface area (Å²) >= 11 is 5.74. The first-order chi connectivity index (χ1) is 10.1. The van der Waals surface area contributed by atoms with Gasteiger partial charge in [0.2, 0.25) is 0 Å². The Labute approximate surface area is 129 Å². The molecule has 3 rings (SSSR count). The van der Waals surface area contributed by atoms with E-state index in [0.29, 0.717) is 6.42 Å². The Morgan fingerprint density at radius 2 is 1.86 bits per heavy atom. The van der Waals surface area contributed by atoms with E-state index in [4.69, 9.17) is 17.3 Å². The molecule has 1 fully saturated rings.